The van der Waals surface area contributed by atoms with Crippen molar-refractivity contribution >= 4 is 10.7 Å². The molecule has 84 valence electrons. The zero-order chi connectivity index (χ0) is 11.5. The fourth-order valence-electron chi connectivity index (χ4n) is 1.08. The number of alkyl halides is 2. The lowest BCUT2D eigenvalue weighted by atomic mass is 10.2. The van der Waals surface area contributed by atoms with Crippen LogP contribution < -0.4 is 0 Å². The molecule has 0 amide bonds. The summed E-state index contributed by atoms with van der Waals surface area (Å²) in [7, 11) is 1.70. The summed E-state index contributed by atoms with van der Waals surface area (Å²) >= 11 is 0. The minimum Gasteiger partial charge on any atom is -0.268 e. The Balaban J connectivity index is 2.82. The minimum atomic E-state index is -2.86. The predicted octanol–water partition coefficient (Wildman–Crippen LogP) is 2.75. The third-order valence-electron chi connectivity index (χ3n) is 1.96. The van der Waals surface area contributed by atoms with E-state index < -0.39 is 5.92 Å². The Labute approximate surface area is 90.8 Å². The molecule has 0 spiro atoms. The summed E-state index contributed by atoms with van der Waals surface area (Å²) in [6.07, 6.45) is 3.50. The molecule has 0 aliphatic heterocycles. The van der Waals surface area contributed by atoms with Gasteiger partial charge in [-0.25, -0.2) is 0 Å². The van der Waals surface area contributed by atoms with Gasteiger partial charge in [0.05, 0.1) is 0 Å². The standard InChI is InChI=1S/C10H14F2N2S/c1-10(11,12)9-5-4-8(6-14-9)7-15(3)13-2/h4-6H,7H2,1-3H3. The number of rotatable bonds is 3. The van der Waals surface area contributed by atoms with Gasteiger partial charge >= 0.3 is 0 Å². The molecule has 0 bridgehead atoms. The van der Waals surface area contributed by atoms with E-state index in [4.69, 9.17) is 0 Å². The van der Waals surface area contributed by atoms with Crippen LogP contribution in [-0.2, 0) is 22.4 Å². The van der Waals surface area contributed by atoms with Crippen molar-refractivity contribution in [2.75, 3.05) is 13.3 Å². The van der Waals surface area contributed by atoms with Gasteiger partial charge in [0.15, 0.2) is 0 Å². The van der Waals surface area contributed by atoms with E-state index in [1.54, 1.807) is 13.1 Å². The maximum absolute atomic E-state index is 12.8. The van der Waals surface area contributed by atoms with Crippen molar-refractivity contribution in [2.45, 2.75) is 18.6 Å². The molecule has 2 nitrogen and oxygen atoms in total. The molecule has 0 fully saturated rings. The molecule has 1 aromatic heterocycles. The Morgan fingerprint density at radius 1 is 1.47 bits per heavy atom. The van der Waals surface area contributed by atoms with Crippen LogP contribution in [0.1, 0.15) is 18.2 Å². The average molecular weight is 232 g/mol. The van der Waals surface area contributed by atoms with Crippen LogP contribution in [0.5, 0.6) is 0 Å². The van der Waals surface area contributed by atoms with E-state index in [1.807, 2.05) is 6.26 Å². The number of aromatic nitrogens is 1. The lowest BCUT2D eigenvalue weighted by Gasteiger charge is -2.09. The lowest BCUT2D eigenvalue weighted by Crippen LogP contribution is -2.09. The maximum Gasteiger partial charge on any atom is 0.286 e. The van der Waals surface area contributed by atoms with Crippen molar-refractivity contribution in [1.82, 2.24) is 4.98 Å². The molecule has 1 rings (SSSR count). The number of hydrogen-bond donors (Lipinski definition) is 0. The second-order valence-corrected chi connectivity index (χ2v) is 5.22. The second-order valence-electron chi connectivity index (χ2n) is 3.37. The molecule has 0 saturated carbocycles. The molecular formula is C10H14F2N2S. The first-order valence-electron chi connectivity index (χ1n) is 4.49. The maximum atomic E-state index is 12.8. The van der Waals surface area contributed by atoms with Gasteiger partial charge in [0.1, 0.15) is 5.69 Å². The van der Waals surface area contributed by atoms with Gasteiger partial charge in [-0.2, -0.15) is 8.78 Å². The Bertz CT molecular complexity index is 355. The topological polar surface area (TPSA) is 25.2 Å². The Morgan fingerprint density at radius 2 is 2.13 bits per heavy atom. The highest BCUT2D eigenvalue weighted by molar-refractivity contribution is 7.85. The summed E-state index contributed by atoms with van der Waals surface area (Å²) < 4.78 is 29.8. The van der Waals surface area contributed by atoms with Crippen LogP contribution in [-0.4, -0.2) is 18.3 Å². The summed E-state index contributed by atoms with van der Waals surface area (Å²) in [6.45, 7) is 0.848. The van der Waals surface area contributed by atoms with Gasteiger partial charge in [-0.05, 0) is 17.9 Å². The fraction of sp³-hybridized carbons (Fsp3) is 0.500. The van der Waals surface area contributed by atoms with E-state index in [2.05, 4.69) is 9.35 Å². The molecule has 15 heavy (non-hydrogen) atoms. The van der Waals surface area contributed by atoms with E-state index in [9.17, 15) is 8.78 Å². The summed E-state index contributed by atoms with van der Waals surface area (Å²) in [5, 5.41) is 0. The van der Waals surface area contributed by atoms with Gasteiger partial charge in [-0.3, -0.25) is 9.35 Å². The molecule has 0 saturated heterocycles. The van der Waals surface area contributed by atoms with Gasteiger partial charge < -0.3 is 0 Å². The van der Waals surface area contributed by atoms with Crippen LogP contribution in [0.25, 0.3) is 0 Å². The van der Waals surface area contributed by atoms with Crippen molar-refractivity contribution in [3.8, 4) is 0 Å². The normalized spacial score (nSPS) is 14.2. The van der Waals surface area contributed by atoms with Crippen molar-refractivity contribution in [3.05, 3.63) is 29.6 Å². The Kier molecular flexibility index (Phi) is 3.90. The summed E-state index contributed by atoms with van der Waals surface area (Å²) in [6, 6.07) is 3.07. The van der Waals surface area contributed by atoms with Crippen molar-refractivity contribution < 1.29 is 8.78 Å². The highest BCUT2D eigenvalue weighted by atomic mass is 32.2. The van der Waals surface area contributed by atoms with Crippen LogP contribution >= 0.6 is 0 Å². The first kappa shape index (κ1) is 12.2. The summed E-state index contributed by atoms with van der Waals surface area (Å²) in [4.78, 5) is 3.75. The molecule has 0 aliphatic rings. The van der Waals surface area contributed by atoms with Crippen LogP contribution in [0.2, 0.25) is 0 Å². The molecule has 1 unspecified atom stereocenters. The minimum absolute atomic E-state index is 0.0582. The molecule has 0 aliphatic carbocycles. The molecule has 1 heterocycles. The number of hydrogen-bond acceptors (Lipinski definition) is 2. The Hall–Kier alpha value is -0.840. The zero-order valence-corrected chi connectivity index (χ0v) is 9.81. The van der Waals surface area contributed by atoms with Gasteiger partial charge in [0.25, 0.3) is 5.92 Å². The monoisotopic (exact) mass is 232 g/mol. The molecule has 0 radical (unpaired) electrons. The number of pyridine rings is 1. The van der Waals surface area contributed by atoms with E-state index in [-0.39, 0.29) is 16.4 Å². The number of nitrogens with zero attached hydrogens (tertiary/aromatic N) is 2. The van der Waals surface area contributed by atoms with Crippen molar-refractivity contribution in [2.24, 2.45) is 4.36 Å². The van der Waals surface area contributed by atoms with Crippen molar-refractivity contribution in [3.63, 3.8) is 0 Å². The average Bonchev–Trinajstić information content (AvgIpc) is 2.17. The second kappa shape index (κ2) is 4.79. The van der Waals surface area contributed by atoms with Crippen LogP contribution in [0.4, 0.5) is 8.78 Å². The largest absolute Gasteiger partial charge is 0.286 e. The third kappa shape index (κ3) is 3.66. The van der Waals surface area contributed by atoms with E-state index in [0.29, 0.717) is 0 Å². The molecule has 0 aromatic carbocycles. The molecule has 5 heteroatoms. The van der Waals surface area contributed by atoms with Gasteiger partial charge in [-0.1, -0.05) is 6.07 Å². The van der Waals surface area contributed by atoms with Crippen LogP contribution in [0, 0.1) is 0 Å². The SMILES string of the molecule is CN=S(C)Cc1ccc(C(C)(F)F)nc1. The van der Waals surface area contributed by atoms with Crippen LogP contribution in [0.15, 0.2) is 22.7 Å². The molecule has 0 N–H and O–H groups in total. The smallest absolute Gasteiger partial charge is 0.268 e. The van der Waals surface area contributed by atoms with Gasteiger partial charge in [0.2, 0.25) is 0 Å². The zero-order valence-electron chi connectivity index (χ0n) is 9.00. The number of halogens is 2. The van der Waals surface area contributed by atoms with E-state index in [1.165, 1.54) is 12.3 Å². The molecule has 1 aromatic rings. The van der Waals surface area contributed by atoms with E-state index in [0.717, 1.165) is 18.2 Å². The first-order valence-corrected chi connectivity index (χ1v) is 6.25. The van der Waals surface area contributed by atoms with Gasteiger partial charge in [0, 0.05) is 25.9 Å². The highest BCUT2D eigenvalue weighted by Gasteiger charge is 2.25. The molecular weight excluding hydrogens is 218 g/mol. The van der Waals surface area contributed by atoms with Crippen molar-refractivity contribution in [1.29, 1.82) is 0 Å². The summed E-state index contributed by atoms with van der Waals surface area (Å²) in [5.41, 5.74) is 0.759. The fourth-order valence-corrected chi connectivity index (χ4v) is 1.86. The third-order valence-corrected chi connectivity index (χ3v) is 3.34. The van der Waals surface area contributed by atoms with Crippen LogP contribution in [0.3, 0.4) is 0 Å². The lowest BCUT2D eigenvalue weighted by molar-refractivity contribution is 0.0127. The summed E-state index contributed by atoms with van der Waals surface area (Å²) in [5.74, 6) is -2.10. The van der Waals surface area contributed by atoms with Gasteiger partial charge in [-0.15, -0.1) is 10.7 Å². The first-order chi connectivity index (χ1) is 6.93. The van der Waals surface area contributed by atoms with E-state index >= 15 is 0 Å². The predicted molar refractivity (Wildman–Crippen MR) is 59.2 cm³/mol. The molecule has 1 atom stereocenters. The Morgan fingerprint density at radius 3 is 2.53 bits per heavy atom. The highest BCUT2D eigenvalue weighted by Crippen LogP contribution is 2.24. The quantitative estimate of drug-likeness (QED) is 0.786.